The third-order valence-corrected chi connectivity index (χ3v) is 4.82. The Kier molecular flexibility index (Phi) is 7.08. The van der Waals surface area contributed by atoms with Gasteiger partial charge in [0.2, 0.25) is 5.91 Å². The van der Waals surface area contributed by atoms with Crippen LogP contribution in [-0.2, 0) is 11.2 Å². The van der Waals surface area contributed by atoms with Gasteiger partial charge in [0.25, 0.3) is 5.91 Å². The zero-order valence-corrected chi connectivity index (χ0v) is 17.7. The molecule has 0 spiro atoms. The van der Waals surface area contributed by atoms with Gasteiger partial charge in [0.1, 0.15) is 5.82 Å². The predicted molar refractivity (Wildman–Crippen MR) is 119 cm³/mol. The molecule has 0 fully saturated rings. The molecule has 0 atom stereocenters. The molecule has 0 unspecified atom stereocenters. The van der Waals surface area contributed by atoms with Gasteiger partial charge in [-0.1, -0.05) is 40.2 Å². The standard InChI is InChI=1S/C23H19BrFN3O2/c1-15(27-28-22(29)14-16-2-8-19(24)9-3-16)17-6-12-21(13-7-17)26-23(30)18-4-10-20(25)11-5-18/h2-13H,14H2,1H3,(H,26,30)(H,28,29). The van der Waals surface area contributed by atoms with Gasteiger partial charge in [0.15, 0.2) is 0 Å². The summed E-state index contributed by atoms with van der Waals surface area (Å²) >= 11 is 3.36. The molecule has 0 aromatic heterocycles. The Hall–Kier alpha value is -3.32. The van der Waals surface area contributed by atoms with Gasteiger partial charge >= 0.3 is 0 Å². The van der Waals surface area contributed by atoms with E-state index in [9.17, 15) is 14.0 Å². The second-order valence-corrected chi connectivity index (χ2v) is 7.49. The quantitative estimate of drug-likeness (QED) is 0.398. The minimum Gasteiger partial charge on any atom is -0.322 e. The van der Waals surface area contributed by atoms with E-state index < -0.39 is 5.82 Å². The van der Waals surface area contributed by atoms with E-state index in [1.807, 2.05) is 24.3 Å². The van der Waals surface area contributed by atoms with E-state index >= 15 is 0 Å². The Bertz CT molecular complexity index is 1060. The molecule has 0 bridgehead atoms. The van der Waals surface area contributed by atoms with Crippen molar-refractivity contribution in [2.24, 2.45) is 5.10 Å². The molecule has 0 aliphatic heterocycles. The lowest BCUT2D eigenvalue weighted by molar-refractivity contribution is -0.120. The first-order valence-corrected chi connectivity index (χ1v) is 9.95. The summed E-state index contributed by atoms with van der Waals surface area (Å²) in [6.45, 7) is 1.78. The predicted octanol–water partition coefficient (Wildman–Crippen LogP) is 4.92. The van der Waals surface area contributed by atoms with Crippen LogP contribution >= 0.6 is 15.9 Å². The Morgan fingerprint density at radius 3 is 2.13 bits per heavy atom. The molecule has 0 saturated carbocycles. The van der Waals surface area contributed by atoms with Crippen LogP contribution in [0, 0.1) is 5.82 Å². The Balaban J connectivity index is 1.56. The summed E-state index contributed by atoms with van der Waals surface area (Å²) in [5.41, 5.74) is 5.85. The highest BCUT2D eigenvalue weighted by Gasteiger charge is 2.07. The molecule has 3 rings (SSSR count). The van der Waals surface area contributed by atoms with Gasteiger partial charge in [-0.15, -0.1) is 0 Å². The topological polar surface area (TPSA) is 70.6 Å². The summed E-state index contributed by atoms with van der Waals surface area (Å²) in [4.78, 5) is 24.2. The number of halogens is 2. The number of hydrogen-bond donors (Lipinski definition) is 2. The lowest BCUT2D eigenvalue weighted by Gasteiger charge is -2.07. The molecule has 0 radical (unpaired) electrons. The van der Waals surface area contributed by atoms with Crippen LogP contribution in [0.15, 0.2) is 82.4 Å². The van der Waals surface area contributed by atoms with Crippen molar-refractivity contribution in [3.8, 4) is 0 Å². The molecular weight excluding hydrogens is 449 g/mol. The van der Waals surface area contributed by atoms with Gasteiger partial charge in [-0.3, -0.25) is 9.59 Å². The number of carbonyl (C=O) groups is 2. The summed E-state index contributed by atoms with van der Waals surface area (Å²) in [5, 5.41) is 6.89. The normalized spacial score (nSPS) is 11.1. The maximum Gasteiger partial charge on any atom is 0.255 e. The maximum atomic E-state index is 13.0. The lowest BCUT2D eigenvalue weighted by Crippen LogP contribution is -2.21. The van der Waals surface area contributed by atoms with Crippen molar-refractivity contribution < 1.29 is 14.0 Å². The Morgan fingerprint density at radius 2 is 1.50 bits per heavy atom. The molecule has 5 nitrogen and oxygen atoms in total. The molecule has 0 aliphatic carbocycles. The second-order valence-electron chi connectivity index (χ2n) is 6.57. The molecule has 2 N–H and O–H groups in total. The molecule has 30 heavy (non-hydrogen) atoms. The van der Waals surface area contributed by atoms with E-state index in [1.54, 1.807) is 31.2 Å². The number of hydrogen-bond acceptors (Lipinski definition) is 3. The SMILES string of the molecule is CC(=NNC(=O)Cc1ccc(Br)cc1)c1ccc(NC(=O)c2ccc(F)cc2)cc1. The molecule has 0 heterocycles. The zero-order chi connectivity index (χ0) is 21.5. The third kappa shape index (κ3) is 6.09. The van der Waals surface area contributed by atoms with Crippen LogP contribution in [0.25, 0.3) is 0 Å². The van der Waals surface area contributed by atoms with E-state index in [-0.39, 0.29) is 18.2 Å². The molecule has 2 amide bonds. The largest absolute Gasteiger partial charge is 0.322 e. The van der Waals surface area contributed by atoms with Crippen molar-refractivity contribution in [3.63, 3.8) is 0 Å². The lowest BCUT2D eigenvalue weighted by atomic mass is 10.1. The van der Waals surface area contributed by atoms with Gasteiger partial charge in [-0.25, -0.2) is 9.82 Å². The number of benzene rings is 3. The average Bonchev–Trinajstić information content (AvgIpc) is 2.74. The van der Waals surface area contributed by atoms with Crippen LogP contribution in [0.3, 0.4) is 0 Å². The van der Waals surface area contributed by atoms with Crippen LogP contribution in [-0.4, -0.2) is 17.5 Å². The molecule has 3 aromatic carbocycles. The minimum absolute atomic E-state index is 0.208. The summed E-state index contributed by atoms with van der Waals surface area (Å²) in [6, 6.07) is 19.9. The molecule has 0 saturated heterocycles. The first-order chi connectivity index (χ1) is 14.4. The molecule has 0 aliphatic rings. The van der Waals surface area contributed by atoms with E-state index in [4.69, 9.17) is 0 Å². The fourth-order valence-corrected chi connectivity index (χ4v) is 2.90. The van der Waals surface area contributed by atoms with E-state index in [0.29, 0.717) is 17.0 Å². The molecule has 7 heteroatoms. The Morgan fingerprint density at radius 1 is 0.900 bits per heavy atom. The summed E-state index contributed by atoms with van der Waals surface area (Å²) in [5.74, 6) is -0.928. The highest BCUT2D eigenvalue weighted by Crippen LogP contribution is 2.13. The van der Waals surface area contributed by atoms with Gasteiger partial charge < -0.3 is 5.32 Å². The number of nitrogens with one attached hydrogen (secondary N) is 2. The van der Waals surface area contributed by atoms with E-state index in [1.165, 1.54) is 24.3 Å². The van der Waals surface area contributed by atoms with Gasteiger partial charge in [0.05, 0.1) is 12.1 Å². The number of rotatable bonds is 6. The maximum absolute atomic E-state index is 13.0. The third-order valence-electron chi connectivity index (χ3n) is 4.29. The van der Waals surface area contributed by atoms with Gasteiger partial charge in [-0.2, -0.15) is 5.10 Å². The van der Waals surface area contributed by atoms with Crippen molar-refractivity contribution in [1.29, 1.82) is 0 Å². The average molecular weight is 468 g/mol. The molecule has 3 aromatic rings. The van der Waals surface area contributed by atoms with Gasteiger partial charge in [-0.05, 0) is 66.6 Å². The minimum atomic E-state index is -0.394. The fraction of sp³-hybridized carbons (Fsp3) is 0.0870. The van der Waals surface area contributed by atoms with Crippen molar-refractivity contribution in [1.82, 2.24) is 5.43 Å². The first-order valence-electron chi connectivity index (χ1n) is 9.15. The van der Waals surface area contributed by atoms with Crippen molar-refractivity contribution >= 4 is 39.1 Å². The van der Waals surface area contributed by atoms with Crippen molar-refractivity contribution in [2.45, 2.75) is 13.3 Å². The zero-order valence-electron chi connectivity index (χ0n) is 16.2. The van der Waals surface area contributed by atoms with Crippen LogP contribution < -0.4 is 10.7 Å². The molecule has 152 valence electrons. The summed E-state index contributed by atoms with van der Waals surface area (Å²) in [7, 11) is 0. The van der Waals surface area contributed by atoms with Crippen LogP contribution in [0.2, 0.25) is 0 Å². The fourth-order valence-electron chi connectivity index (χ4n) is 2.64. The number of nitrogens with zero attached hydrogens (tertiary/aromatic N) is 1. The number of carbonyl (C=O) groups excluding carboxylic acids is 2. The highest BCUT2D eigenvalue weighted by atomic mass is 79.9. The summed E-state index contributed by atoms with van der Waals surface area (Å²) in [6.07, 6.45) is 0.235. The highest BCUT2D eigenvalue weighted by molar-refractivity contribution is 9.10. The summed E-state index contributed by atoms with van der Waals surface area (Å²) < 4.78 is 13.9. The van der Waals surface area contributed by atoms with E-state index in [2.05, 4.69) is 31.8 Å². The van der Waals surface area contributed by atoms with Crippen LogP contribution in [0.1, 0.15) is 28.4 Å². The molecular formula is C23H19BrFN3O2. The second kappa shape index (κ2) is 9.93. The number of anilines is 1. The van der Waals surface area contributed by atoms with Crippen molar-refractivity contribution in [2.75, 3.05) is 5.32 Å². The monoisotopic (exact) mass is 467 g/mol. The smallest absolute Gasteiger partial charge is 0.255 e. The van der Waals surface area contributed by atoms with Crippen LogP contribution in [0.5, 0.6) is 0 Å². The van der Waals surface area contributed by atoms with Crippen LogP contribution in [0.4, 0.5) is 10.1 Å². The van der Waals surface area contributed by atoms with Crippen molar-refractivity contribution in [3.05, 3.63) is 99.8 Å². The van der Waals surface area contributed by atoms with E-state index in [0.717, 1.165) is 15.6 Å². The van der Waals surface area contributed by atoms with Gasteiger partial charge in [0, 0.05) is 15.7 Å². The number of hydrazone groups is 1. The Labute approximate surface area is 182 Å². The number of amides is 2. The first kappa shape index (κ1) is 21.4.